The van der Waals surface area contributed by atoms with Gasteiger partial charge in [0.15, 0.2) is 0 Å². The lowest BCUT2D eigenvalue weighted by Gasteiger charge is -2.32. The number of carbonyl (C=O) groups is 2. The Morgan fingerprint density at radius 1 is 1.07 bits per heavy atom. The van der Waals surface area contributed by atoms with Crippen molar-refractivity contribution in [3.63, 3.8) is 0 Å². The van der Waals surface area contributed by atoms with E-state index in [0.717, 1.165) is 28.2 Å². The van der Waals surface area contributed by atoms with Crippen LogP contribution in [0.5, 0.6) is 0 Å². The third kappa shape index (κ3) is 6.59. The number of aromatic nitrogens is 2. The van der Waals surface area contributed by atoms with Crippen LogP contribution >= 0.6 is 34.3 Å². The normalized spacial score (nSPS) is 12.2. The Labute approximate surface area is 247 Å². The van der Waals surface area contributed by atoms with Crippen LogP contribution in [0.25, 0.3) is 10.4 Å². The van der Waals surface area contributed by atoms with Gasteiger partial charge in [-0.2, -0.15) is 0 Å². The number of thiophene rings is 1. The van der Waals surface area contributed by atoms with Crippen molar-refractivity contribution in [1.29, 1.82) is 0 Å². The second kappa shape index (κ2) is 13.0. The first-order chi connectivity index (χ1) is 19.1. The molecule has 2 aromatic carbocycles. The number of nitrogens with zero attached hydrogens (tertiary/aromatic N) is 3. The van der Waals surface area contributed by atoms with Gasteiger partial charge in [-0.05, 0) is 60.4 Å². The first-order valence-electron chi connectivity index (χ1n) is 13.2. The molecular weight excluding hydrogens is 567 g/mol. The molecule has 0 unspecified atom stereocenters. The largest absolute Gasteiger partial charge is 0.339 e. The summed E-state index contributed by atoms with van der Waals surface area (Å²) in [6.07, 6.45) is 1.75. The zero-order valence-corrected chi connectivity index (χ0v) is 25.3. The van der Waals surface area contributed by atoms with Gasteiger partial charge >= 0.3 is 0 Å². The van der Waals surface area contributed by atoms with E-state index < -0.39 is 11.3 Å². The first kappa shape index (κ1) is 29.8. The van der Waals surface area contributed by atoms with Gasteiger partial charge in [0.05, 0.1) is 16.0 Å². The fourth-order valence-corrected chi connectivity index (χ4v) is 6.79. The van der Waals surface area contributed by atoms with Gasteiger partial charge in [-0.1, -0.05) is 68.8 Å². The van der Waals surface area contributed by atoms with Crippen LogP contribution in [0.1, 0.15) is 67.3 Å². The average Bonchev–Trinajstić information content (AvgIpc) is 3.61. The Morgan fingerprint density at radius 2 is 1.82 bits per heavy atom. The Balaban J connectivity index is 1.68. The minimum Gasteiger partial charge on any atom is -0.339 e. The topological polar surface area (TPSA) is 75.2 Å². The maximum atomic E-state index is 14.3. The molecule has 0 aliphatic carbocycles. The highest BCUT2D eigenvalue weighted by atomic mass is 35.5. The molecule has 0 saturated heterocycles. The summed E-state index contributed by atoms with van der Waals surface area (Å²) in [4.78, 5) is 30.2. The van der Waals surface area contributed by atoms with Gasteiger partial charge in [0, 0.05) is 28.8 Å². The number of hydrogen-bond acceptors (Lipinski definition) is 6. The lowest BCUT2D eigenvalue weighted by molar-refractivity contribution is -0.124. The monoisotopic (exact) mass is 598 g/mol. The second-order valence-electron chi connectivity index (χ2n) is 10.1. The van der Waals surface area contributed by atoms with Gasteiger partial charge in [0.1, 0.15) is 11.3 Å². The van der Waals surface area contributed by atoms with Crippen molar-refractivity contribution in [2.24, 2.45) is 5.41 Å². The van der Waals surface area contributed by atoms with E-state index in [4.69, 9.17) is 11.6 Å². The van der Waals surface area contributed by atoms with Crippen LogP contribution in [-0.4, -0.2) is 40.0 Å². The maximum Gasteiger partial charge on any atom is 0.255 e. The van der Waals surface area contributed by atoms with E-state index in [9.17, 15) is 14.0 Å². The van der Waals surface area contributed by atoms with Crippen LogP contribution in [0.3, 0.4) is 0 Å². The van der Waals surface area contributed by atoms with Crippen LogP contribution in [0.2, 0.25) is 5.02 Å². The van der Waals surface area contributed by atoms with Crippen molar-refractivity contribution < 1.29 is 14.0 Å². The molecule has 1 N–H and O–H groups in total. The molecule has 0 aliphatic rings. The molecule has 0 aliphatic heterocycles. The van der Waals surface area contributed by atoms with Crippen molar-refractivity contribution in [3.8, 4) is 10.4 Å². The summed E-state index contributed by atoms with van der Waals surface area (Å²) < 4.78 is 14.3. The molecule has 4 rings (SSSR count). The van der Waals surface area contributed by atoms with Gasteiger partial charge in [-0.15, -0.1) is 21.5 Å². The van der Waals surface area contributed by atoms with Gasteiger partial charge < -0.3 is 10.2 Å². The molecule has 4 aromatic rings. The summed E-state index contributed by atoms with van der Waals surface area (Å²) in [6.45, 7) is 9.15. The zero-order chi connectivity index (χ0) is 28.9. The van der Waals surface area contributed by atoms with Gasteiger partial charge in [-0.3, -0.25) is 9.59 Å². The van der Waals surface area contributed by atoms with E-state index in [2.05, 4.69) is 15.5 Å². The number of hydrogen-bond donors (Lipinski definition) is 1. The van der Waals surface area contributed by atoms with E-state index in [-0.39, 0.29) is 17.6 Å². The molecule has 0 bridgehead atoms. The van der Waals surface area contributed by atoms with Crippen molar-refractivity contribution in [2.45, 2.75) is 46.5 Å². The molecule has 2 heterocycles. The number of amides is 2. The summed E-state index contributed by atoms with van der Waals surface area (Å²) in [5.41, 5.74) is 2.63. The molecule has 0 fully saturated rings. The number of benzene rings is 2. The predicted molar refractivity (Wildman–Crippen MR) is 162 cm³/mol. The van der Waals surface area contributed by atoms with E-state index in [0.29, 0.717) is 34.4 Å². The molecule has 0 saturated carbocycles. The first-order valence-corrected chi connectivity index (χ1v) is 15.2. The van der Waals surface area contributed by atoms with Crippen molar-refractivity contribution in [3.05, 3.63) is 87.0 Å². The molecule has 210 valence electrons. The summed E-state index contributed by atoms with van der Waals surface area (Å²) in [7, 11) is 0. The van der Waals surface area contributed by atoms with Gasteiger partial charge in [-0.25, -0.2) is 4.39 Å². The van der Waals surface area contributed by atoms with Gasteiger partial charge in [0.25, 0.3) is 5.91 Å². The Kier molecular flexibility index (Phi) is 9.71. The SMILES string of the molecule is CCCN(CCC)C(=O)c1ccc(-c2ccc([C@H](c3cccc(F)c3)C(C)(C)C(=O)Nc3nncs3)s2)cc1Cl. The molecule has 6 nitrogen and oxygen atoms in total. The molecule has 2 amide bonds. The molecular formula is C30H32ClFN4O2S2. The zero-order valence-electron chi connectivity index (χ0n) is 22.9. The van der Waals surface area contributed by atoms with E-state index in [1.54, 1.807) is 17.6 Å². The van der Waals surface area contributed by atoms with Crippen molar-refractivity contribution >= 4 is 51.2 Å². The lowest BCUT2D eigenvalue weighted by atomic mass is 9.73. The fraction of sp³-hybridized carbons (Fsp3) is 0.333. The van der Waals surface area contributed by atoms with Crippen molar-refractivity contribution in [2.75, 3.05) is 18.4 Å². The number of halogens is 2. The summed E-state index contributed by atoms with van der Waals surface area (Å²) >= 11 is 9.38. The molecule has 1 atom stereocenters. The summed E-state index contributed by atoms with van der Waals surface area (Å²) in [6, 6.07) is 15.8. The smallest absolute Gasteiger partial charge is 0.255 e. The van der Waals surface area contributed by atoms with Crippen molar-refractivity contribution in [1.82, 2.24) is 15.1 Å². The Morgan fingerprint density at radius 3 is 2.45 bits per heavy atom. The average molecular weight is 599 g/mol. The second-order valence-corrected chi connectivity index (χ2v) is 12.5. The Bertz CT molecular complexity index is 1470. The summed E-state index contributed by atoms with van der Waals surface area (Å²) in [5.74, 6) is -1.13. The predicted octanol–water partition coefficient (Wildman–Crippen LogP) is 8.12. The minimum absolute atomic E-state index is 0.0681. The third-order valence-corrected chi connectivity index (χ3v) is 8.86. The summed E-state index contributed by atoms with van der Waals surface area (Å²) in [5, 5.41) is 11.4. The number of anilines is 1. The van der Waals surface area contributed by atoms with E-state index in [1.165, 1.54) is 34.8 Å². The van der Waals surface area contributed by atoms with E-state index in [1.807, 2.05) is 62.9 Å². The third-order valence-electron chi connectivity index (χ3n) is 6.74. The quantitative estimate of drug-likeness (QED) is 0.189. The van der Waals surface area contributed by atoms with Crippen LogP contribution in [-0.2, 0) is 4.79 Å². The highest BCUT2D eigenvalue weighted by molar-refractivity contribution is 7.15. The highest BCUT2D eigenvalue weighted by Crippen LogP contribution is 2.46. The highest BCUT2D eigenvalue weighted by Gasteiger charge is 2.40. The van der Waals surface area contributed by atoms with E-state index >= 15 is 0 Å². The van der Waals surface area contributed by atoms with Crippen LogP contribution < -0.4 is 5.32 Å². The van der Waals surface area contributed by atoms with Crippen LogP contribution in [0.15, 0.2) is 60.1 Å². The fourth-order valence-electron chi connectivity index (χ4n) is 4.77. The number of nitrogens with one attached hydrogen (secondary N) is 1. The van der Waals surface area contributed by atoms with Gasteiger partial charge in [0.2, 0.25) is 11.0 Å². The maximum absolute atomic E-state index is 14.3. The standard InChI is InChI=1S/C30H32ClFN4O2S2/c1-5-14-36(15-6-2)27(37)22-11-10-19(17-23(22)31)24-12-13-25(40-24)26(20-8-7-9-21(32)16-20)30(3,4)28(38)34-29-35-33-18-39-29/h7-13,16-18,26H,5-6,14-15H2,1-4H3,(H,34,35,38)/t26-/m0/s1. The molecule has 0 radical (unpaired) electrons. The molecule has 40 heavy (non-hydrogen) atoms. The lowest BCUT2D eigenvalue weighted by Crippen LogP contribution is -2.36. The minimum atomic E-state index is -0.961. The molecule has 2 aromatic heterocycles. The number of carbonyl (C=O) groups excluding carboxylic acids is 2. The Hall–Kier alpha value is -3.14. The molecule has 10 heteroatoms. The van der Waals surface area contributed by atoms with Crippen LogP contribution in [0, 0.1) is 11.2 Å². The van der Waals surface area contributed by atoms with Crippen LogP contribution in [0.4, 0.5) is 9.52 Å². The number of rotatable bonds is 11. The molecule has 0 spiro atoms.